The Bertz CT molecular complexity index is 1390. The smallest absolute Gasteiger partial charge is 0.335 e. The molecular weight excluding hydrogens is 547 g/mol. The number of carbonyl (C=O) groups is 3. The minimum absolute atomic E-state index is 0.0443. The van der Waals surface area contributed by atoms with Crippen LogP contribution in [0.25, 0.3) is 6.08 Å². The lowest BCUT2D eigenvalue weighted by Gasteiger charge is -2.15. The summed E-state index contributed by atoms with van der Waals surface area (Å²) in [6.07, 6.45) is 1.50. The molecule has 10 heteroatoms. The highest BCUT2D eigenvalue weighted by Crippen LogP contribution is 2.38. The Labute approximate surface area is 220 Å². The second kappa shape index (κ2) is 11.3. The van der Waals surface area contributed by atoms with Gasteiger partial charge < -0.3 is 19.9 Å². The fourth-order valence-electron chi connectivity index (χ4n) is 3.65. The van der Waals surface area contributed by atoms with Gasteiger partial charge in [-0.15, -0.1) is 0 Å². The summed E-state index contributed by atoms with van der Waals surface area (Å²) in [5.74, 6) is -1.25. The number of carboxylic acid groups (broad SMARTS) is 1. The highest BCUT2D eigenvalue weighted by Gasteiger charge is 2.34. The molecule has 3 aromatic carbocycles. The Morgan fingerprint density at radius 2 is 1.84 bits per heavy atom. The van der Waals surface area contributed by atoms with Crippen molar-refractivity contribution in [1.29, 1.82) is 0 Å². The van der Waals surface area contributed by atoms with Crippen LogP contribution in [0, 0.1) is 5.82 Å². The van der Waals surface area contributed by atoms with Gasteiger partial charge in [0.1, 0.15) is 18.1 Å². The van der Waals surface area contributed by atoms with Crippen LogP contribution in [0.3, 0.4) is 0 Å². The lowest BCUT2D eigenvalue weighted by Crippen LogP contribution is -2.30. The number of nitrogens with zero attached hydrogens (tertiary/aromatic N) is 1. The number of aromatic carboxylic acids is 1. The minimum atomic E-state index is -1.01. The van der Waals surface area contributed by atoms with Gasteiger partial charge in [0, 0.05) is 5.56 Å². The molecule has 0 aliphatic carbocycles. The highest BCUT2D eigenvalue weighted by atomic mass is 79.9. The molecule has 37 heavy (non-hydrogen) atoms. The normalized spacial score (nSPS) is 14.1. The van der Waals surface area contributed by atoms with E-state index < -0.39 is 23.7 Å². The number of halogens is 2. The number of benzene rings is 3. The third-order valence-corrected chi connectivity index (χ3v) is 6.06. The molecule has 1 saturated heterocycles. The van der Waals surface area contributed by atoms with E-state index in [9.17, 15) is 18.8 Å². The molecular formula is C27H22BrFN2O6. The molecule has 1 aliphatic heterocycles. The number of nitrogens with one attached hydrogen (secondary N) is 1. The Morgan fingerprint density at radius 1 is 1.11 bits per heavy atom. The van der Waals surface area contributed by atoms with E-state index in [0.717, 1.165) is 10.5 Å². The largest absolute Gasteiger partial charge is 0.490 e. The lowest BCUT2D eigenvalue weighted by molar-refractivity contribution is -0.123. The topological polar surface area (TPSA) is 105 Å². The molecule has 0 aromatic heterocycles. The average Bonchev–Trinajstić information content (AvgIpc) is 3.12. The standard InChI is InChI=1S/C27H22BrFN2O6/c1-2-36-23-13-17(11-20(28)24(23)37-15-16-7-9-18(10-8-16)26(33)34)12-22-25(32)31(27(35)30-22)14-19-5-3-4-6-21(19)29/h3-13H,2,14-15H2,1H3,(H,30,35)(H,33,34)/b22-12+. The number of amides is 3. The molecule has 0 bridgehead atoms. The lowest BCUT2D eigenvalue weighted by atomic mass is 10.1. The Morgan fingerprint density at radius 3 is 2.51 bits per heavy atom. The van der Waals surface area contributed by atoms with Gasteiger partial charge in [-0.3, -0.25) is 9.69 Å². The van der Waals surface area contributed by atoms with Crippen LogP contribution in [-0.2, 0) is 17.9 Å². The first-order valence-corrected chi connectivity index (χ1v) is 12.1. The predicted molar refractivity (Wildman–Crippen MR) is 137 cm³/mol. The molecule has 1 aliphatic rings. The van der Waals surface area contributed by atoms with Crippen molar-refractivity contribution in [2.75, 3.05) is 6.61 Å². The average molecular weight is 569 g/mol. The van der Waals surface area contributed by atoms with E-state index in [-0.39, 0.29) is 30.0 Å². The molecule has 2 N–H and O–H groups in total. The fraction of sp³-hybridized carbons (Fsp3) is 0.148. The molecule has 1 fully saturated rings. The van der Waals surface area contributed by atoms with E-state index in [1.807, 2.05) is 6.92 Å². The summed E-state index contributed by atoms with van der Waals surface area (Å²) in [5, 5.41) is 11.6. The quantitative estimate of drug-likeness (QED) is 0.266. The van der Waals surface area contributed by atoms with Crippen molar-refractivity contribution in [1.82, 2.24) is 10.2 Å². The van der Waals surface area contributed by atoms with Gasteiger partial charge >= 0.3 is 12.0 Å². The van der Waals surface area contributed by atoms with Crippen LogP contribution in [0.5, 0.6) is 11.5 Å². The zero-order valence-electron chi connectivity index (χ0n) is 19.7. The van der Waals surface area contributed by atoms with E-state index in [0.29, 0.717) is 28.1 Å². The van der Waals surface area contributed by atoms with Gasteiger partial charge in [0.25, 0.3) is 5.91 Å². The van der Waals surface area contributed by atoms with Crippen molar-refractivity contribution in [2.24, 2.45) is 0 Å². The van der Waals surface area contributed by atoms with Crippen LogP contribution in [0.15, 0.2) is 70.8 Å². The number of ether oxygens (including phenoxy) is 2. The van der Waals surface area contributed by atoms with Crippen molar-refractivity contribution < 1.29 is 33.4 Å². The molecule has 0 unspecified atom stereocenters. The van der Waals surface area contributed by atoms with Gasteiger partial charge in [0.05, 0.1) is 23.2 Å². The van der Waals surface area contributed by atoms with Crippen LogP contribution in [0.1, 0.15) is 34.0 Å². The maximum absolute atomic E-state index is 14.0. The van der Waals surface area contributed by atoms with Gasteiger partial charge in [-0.05, 0) is 70.4 Å². The van der Waals surface area contributed by atoms with Crippen LogP contribution >= 0.6 is 15.9 Å². The van der Waals surface area contributed by atoms with Crippen LogP contribution in [-0.4, -0.2) is 34.5 Å². The predicted octanol–water partition coefficient (Wildman–Crippen LogP) is 5.36. The van der Waals surface area contributed by atoms with E-state index in [4.69, 9.17) is 14.6 Å². The molecule has 1 heterocycles. The highest BCUT2D eigenvalue weighted by molar-refractivity contribution is 9.10. The van der Waals surface area contributed by atoms with Gasteiger partial charge in [-0.2, -0.15) is 0 Å². The molecule has 8 nitrogen and oxygen atoms in total. The number of imide groups is 1. The second-order valence-corrected chi connectivity index (χ2v) is 8.88. The summed E-state index contributed by atoms with van der Waals surface area (Å²) in [6, 6.07) is 15.0. The Hall–Kier alpha value is -4.18. The number of rotatable bonds is 9. The third kappa shape index (κ3) is 5.97. The van der Waals surface area contributed by atoms with Crippen LogP contribution in [0.4, 0.5) is 9.18 Å². The minimum Gasteiger partial charge on any atom is -0.490 e. The monoisotopic (exact) mass is 568 g/mol. The third-order valence-electron chi connectivity index (χ3n) is 5.48. The van der Waals surface area contributed by atoms with Gasteiger partial charge in [0.2, 0.25) is 0 Å². The second-order valence-electron chi connectivity index (χ2n) is 8.02. The number of carbonyl (C=O) groups excluding carboxylic acids is 2. The molecule has 0 radical (unpaired) electrons. The summed E-state index contributed by atoms with van der Waals surface area (Å²) in [6.45, 7) is 2.14. The van der Waals surface area contributed by atoms with Gasteiger partial charge in [0.15, 0.2) is 11.5 Å². The fourth-order valence-corrected chi connectivity index (χ4v) is 4.23. The zero-order chi connectivity index (χ0) is 26.5. The molecule has 4 rings (SSSR count). The molecule has 3 aromatic rings. The van der Waals surface area contributed by atoms with Crippen molar-refractivity contribution in [3.05, 3.63) is 98.9 Å². The molecule has 0 spiro atoms. The summed E-state index contributed by atoms with van der Waals surface area (Å²) in [5.41, 5.74) is 1.78. The summed E-state index contributed by atoms with van der Waals surface area (Å²) >= 11 is 3.48. The maximum atomic E-state index is 14.0. The van der Waals surface area contributed by atoms with Crippen molar-refractivity contribution >= 4 is 39.9 Å². The van der Waals surface area contributed by atoms with Crippen molar-refractivity contribution in [2.45, 2.75) is 20.1 Å². The molecule has 190 valence electrons. The maximum Gasteiger partial charge on any atom is 0.335 e. The number of hydrogen-bond donors (Lipinski definition) is 2. The molecule has 0 saturated carbocycles. The first kappa shape index (κ1) is 25.9. The van der Waals surface area contributed by atoms with Crippen molar-refractivity contribution in [3.8, 4) is 11.5 Å². The number of urea groups is 1. The van der Waals surface area contributed by atoms with Gasteiger partial charge in [-0.25, -0.2) is 14.0 Å². The van der Waals surface area contributed by atoms with E-state index >= 15 is 0 Å². The molecule has 3 amide bonds. The van der Waals surface area contributed by atoms with E-state index in [1.54, 1.807) is 30.3 Å². The first-order chi connectivity index (χ1) is 17.8. The summed E-state index contributed by atoms with van der Waals surface area (Å²) in [7, 11) is 0. The van der Waals surface area contributed by atoms with Crippen LogP contribution in [0.2, 0.25) is 0 Å². The van der Waals surface area contributed by atoms with E-state index in [2.05, 4.69) is 21.2 Å². The molecule has 0 atom stereocenters. The number of carboxylic acids is 1. The SMILES string of the molecule is CCOc1cc(/C=C2/NC(=O)N(Cc3ccccc3F)C2=O)cc(Br)c1OCc1ccc(C(=O)O)cc1. The van der Waals surface area contributed by atoms with Crippen LogP contribution < -0.4 is 14.8 Å². The van der Waals surface area contributed by atoms with E-state index in [1.165, 1.54) is 36.4 Å². The summed E-state index contributed by atoms with van der Waals surface area (Å²) < 4.78 is 26.3. The van der Waals surface area contributed by atoms with Gasteiger partial charge in [-0.1, -0.05) is 30.3 Å². The Balaban J connectivity index is 1.54. The van der Waals surface area contributed by atoms with Crippen molar-refractivity contribution in [3.63, 3.8) is 0 Å². The number of hydrogen-bond acceptors (Lipinski definition) is 5. The first-order valence-electron chi connectivity index (χ1n) is 11.3. The Kier molecular flexibility index (Phi) is 7.88. The summed E-state index contributed by atoms with van der Waals surface area (Å²) in [4.78, 5) is 37.3. The zero-order valence-corrected chi connectivity index (χ0v) is 21.2.